The van der Waals surface area contributed by atoms with Gasteiger partial charge in [0.05, 0.1) is 25.7 Å². The fourth-order valence-corrected chi connectivity index (χ4v) is 0.925. The lowest BCUT2D eigenvalue weighted by molar-refractivity contribution is 0.0610. The van der Waals surface area contributed by atoms with Gasteiger partial charge < -0.3 is 19.7 Å². The van der Waals surface area contributed by atoms with Crippen LogP contribution >= 0.6 is 0 Å². The van der Waals surface area contributed by atoms with Crippen LogP contribution in [0.15, 0.2) is 24.3 Å². The van der Waals surface area contributed by atoms with Crippen molar-refractivity contribution in [3.8, 4) is 11.5 Å². The standard InChI is InChI=1S/C10H14O4/c1-13-9-4-2-3-5-10(9)14-8(6-11)7-12/h2-5,8,11-12H,6-7H2,1H3/i6D2,7D2. The van der Waals surface area contributed by atoms with Crippen molar-refractivity contribution in [1.29, 1.82) is 0 Å². The van der Waals surface area contributed by atoms with E-state index in [1.54, 1.807) is 12.1 Å². The SMILES string of the molecule is [2H]C([2H])(O)C(Oc1ccccc1OC)C([2H])([2H])O. The number of rotatable bonds is 5. The third-order valence-corrected chi connectivity index (χ3v) is 1.55. The molecule has 0 aromatic heterocycles. The van der Waals surface area contributed by atoms with Crippen LogP contribution in [0.4, 0.5) is 0 Å². The van der Waals surface area contributed by atoms with Gasteiger partial charge in [-0.25, -0.2) is 0 Å². The summed E-state index contributed by atoms with van der Waals surface area (Å²) in [6.07, 6.45) is -2.11. The Bertz CT molecular complexity index is 386. The Labute approximate surface area is 88.3 Å². The van der Waals surface area contributed by atoms with Gasteiger partial charge in [0.1, 0.15) is 6.10 Å². The summed E-state index contributed by atoms with van der Waals surface area (Å²) in [6.45, 7) is -6.11. The Balaban J connectivity index is 3.05. The Hall–Kier alpha value is -1.26. The molecule has 78 valence electrons. The highest BCUT2D eigenvalue weighted by Gasteiger charge is 2.10. The number of ether oxygens (including phenoxy) is 2. The molecule has 0 aliphatic carbocycles. The van der Waals surface area contributed by atoms with Crippen molar-refractivity contribution >= 4 is 0 Å². The lowest BCUT2D eigenvalue weighted by atomic mass is 10.3. The van der Waals surface area contributed by atoms with Gasteiger partial charge in [-0.2, -0.15) is 0 Å². The van der Waals surface area contributed by atoms with E-state index >= 15 is 0 Å². The molecule has 1 aromatic rings. The number of aliphatic hydroxyl groups is 2. The number of benzene rings is 1. The van der Waals surface area contributed by atoms with E-state index in [1.807, 2.05) is 0 Å². The molecule has 0 unspecified atom stereocenters. The molecule has 0 spiro atoms. The fraction of sp³-hybridized carbons (Fsp3) is 0.400. The summed E-state index contributed by atoms with van der Waals surface area (Å²) >= 11 is 0. The molecule has 2 N–H and O–H groups in total. The van der Waals surface area contributed by atoms with Crippen molar-refractivity contribution < 1.29 is 25.2 Å². The van der Waals surface area contributed by atoms with E-state index in [9.17, 15) is 10.2 Å². The summed E-state index contributed by atoms with van der Waals surface area (Å²) < 4.78 is 38.2. The molecule has 0 aliphatic heterocycles. The van der Waals surface area contributed by atoms with Crippen LogP contribution < -0.4 is 9.47 Å². The topological polar surface area (TPSA) is 58.9 Å². The van der Waals surface area contributed by atoms with Crippen molar-refractivity contribution in [2.24, 2.45) is 0 Å². The average Bonchev–Trinajstić information content (AvgIpc) is 2.23. The summed E-state index contributed by atoms with van der Waals surface area (Å²) in [4.78, 5) is 0. The monoisotopic (exact) mass is 202 g/mol. The summed E-state index contributed by atoms with van der Waals surface area (Å²) in [7, 11) is 1.36. The van der Waals surface area contributed by atoms with E-state index in [0.29, 0.717) is 0 Å². The van der Waals surface area contributed by atoms with Gasteiger partial charge in [-0.3, -0.25) is 0 Å². The maximum atomic E-state index is 9.21. The van der Waals surface area contributed by atoms with Crippen LogP contribution in [0.5, 0.6) is 11.5 Å². The largest absolute Gasteiger partial charge is 0.493 e. The average molecular weight is 202 g/mol. The zero-order valence-electron chi connectivity index (χ0n) is 11.6. The second kappa shape index (κ2) is 5.47. The minimum atomic E-state index is -3.06. The van der Waals surface area contributed by atoms with E-state index in [0.717, 1.165) is 0 Å². The Morgan fingerprint density at radius 2 is 1.86 bits per heavy atom. The van der Waals surface area contributed by atoms with E-state index in [1.165, 1.54) is 19.2 Å². The molecule has 0 fully saturated rings. The summed E-state index contributed by atoms with van der Waals surface area (Å²) in [5.74, 6) is 0.247. The van der Waals surface area contributed by atoms with Crippen LogP contribution in [-0.2, 0) is 0 Å². The van der Waals surface area contributed by atoms with Crippen molar-refractivity contribution in [2.75, 3.05) is 20.2 Å². The highest BCUT2D eigenvalue weighted by Crippen LogP contribution is 2.26. The van der Waals surface area contributed by atoms with Gasteiger partial charge in [-0.05, 0) is 12.1 Å². The third-order valence-electron chi connectivity index (χ3n) is 1.55. The molecular weight excluding hydrogens is 184 g/mol. The predicted octanol–water partition coefficient (Wildman–Crippen LogP) is 0.427. The molecule has 0 bridgehead atoms. The first kappa shape index (κ1) is 6.27. The molecule has 0 saturated carbocycles. The molecule has 1 rings (SSSR count). The van der Waals surface area contributed by atoms with Crippen molar-refractivity contribution in [3.63, 3.8) is 0 Å². The number of para-hydroxylation sites is 2. The van der Waals surface area contributed by atoms with Crippen molar-refractivity contribution in [2.45, 2.75) is 6.10 Å². The molecule has 0 saturated heterocycles. The van der Waals surface area contributed by atoms with Gasteiger partial charge in [-0.1, -0.05) is 12.1 Å². The van der Waals surface area contributed by atoms with Gasteiger partial charge in [0, 0.05) is 0 Å². The van der Waals surface area contributed by atoms with Gasteiger partial charge in [0.25, 0.3) is 0 Å². The predicted molar refractivity (Wildman–Crippen MR) is 51.6 cm³/mol. The van der Waals surface area contributed by atoms with Gasteiger partial charge in [0.2, 0.25) is 0 Å². The molecule has 0 amide bonds. The van der Waals surface area contributed by atoms with E-state index in [-0.39, 0.29) is 11.5 Å². The van der Waals surface area contributed by atoms with Gasteiger partial charge in [-0.15, -0.1) is 0 Å². The molecule has 0 atom stereocenters. The highest BCUT2D eigenvalue weighted by atomic mass is 16.5. The number of methoxy groups -OCH3 is 1. The Morgan fingerprint density at radius 3 is 2.36 bits per heavy atom. The lowest BCUT2D eigenvalue weighted by Gasteiger charge is -2.16. The van der Waals surface area contributed by atoms with Crippen LogP contribution in [0.25, 0.3) is 0 Å². The molecule has 4 nitrogen and oxygen atoms in total. The first-order valence-electron chi connectivity index (χ1n) is 5.90. The zero-order valence-corrected chi connectivity index (χ0v) is 7.60. The first-order valence-corrected chi connectivity index (χ1v) is 3.90. The molecular formula is C10H14O4. The third kappa shape index (κ3) is 2.61. The molecule has 0 radical (unpaired) electrons. The second-order valence-electron chi connectivity index (χ2n) is 2.41. The summed E-state index contributed by atoms with van der Waals surface area (Å²) in [6, 6.07) is 6.13. The maximum absolute atomic E-state index is 9.21. The van der Waals surface area contributed by atoms with Gasteiger partial charge >= 0.3 is 0 Å². The smallest absolute Gasteiger partial charge is 0.161 e. The summed E-state index contributed by atoms with van der Waals surface area (Å²) in [5.41, 5.74) is 0. The minimum Gasteiger partial charge on any atom is -0.493 e. The second-order valence-corrected chi connectivity index (χ2v) is 2.41. The number of hydrogen-bond donors (Lipinski definition) is 2. The molecule has 14 heavy (non-hydrogen) atoms. The van der Waals surface area contributed by atoms with Crippen LogP contribution in [-0.4, -0.2) is 36.5 Å². The first-order chi connectivity index (χ1) is 8.16. The fourth-order valence-electron chi connectivity index (χ4n) is 0.925. The Morgan fingerprint density at radius 1 is 1.29 bits per heavy atom. The molecule has 0 aliphatic rings. The molecule has 4 heteroatoms. The van der Waals surface area contributed by atoms with E-state index in [2.05, 4.69) is 0 Å². The van der Waals surface area contributed by atoms with Crippen molar-refractivity contribution in [1.82, 2.24) is 0 Å². The maximum Gasteiger partial charge on any atom is 0.161 e. The lowest BCUT2D eigenvalue weighted by Crippen LogP contribution is -2.25. The van der Waals surface area contributed by atoms with Crippen molar-refractivity contribution in [3.05, 3.63) is 24.3 Å². The molecule has 0 heterocycles. The number of hydrogen-bond acceptors (Lipinski definition) is 4. The molecule has 1 aromatic carbocycles. The van der Waals surface area contributed by atoms with Crippen LogP contribution in [0.3, 0.4) is 0 Å². The normalized spacial score (nSPS) is 16.6. The minimum absolute atomic E-state index is 0.0147. The summed E-state index contributed by atoms with van der Waals surface area (Å²) in [5, 5.41) is 18.4. The zero-order chi connectivity index (χ0) is 14.0. The van der Waals surface area contributed by atoms with E-state index < -0.39 is 19.2 Å². The Kier molecular flexibility index (Phi) is 2.45. The van der Waals surface area contributed by atoms with Crippen LogP contribution in [0.1, 0.15) is 5.48 Å². The van der Waals surface area contributed by atoms with E-state index in [4.69, 9.17) is 15.0 Å². The van der Waals surface area contributed by atoms with Crippen LogP contribution in [0.2, 0.25) is 0 Å². The van der Waals surface area contributed by atoms with Crippen LogP contribution in [0, 0.1) is 0 Å². The highest BCUT2D eigenvalue weighted by molar-refractivity contribution is 5.39. The quantitative estimate of drug-likeness (QED) is 0.727. The van der Waals surface area contributed by atoms with Gasteiger partial charge in [0.15, 0.2) is 11.5 Å².